The molecule has 1 unspecified atom stereocenters. The van der Waals surface area contributed by atoms with Crippen LogP contribution >= 0.6 is 12.4 Å². The van der Waals surface area contributed by atoms with E-state index in [1.54, 1.807) is 9.13 Å². The summed E-state index contributed by atoms with van der Waals surface area (Å²) in [7, 11) is 3.64. The predicted octanol–water partition coefficient (Wildman–Crippen LogP) is 3.41. The zero-order valence-electron chi connectivity index (χ0n) is 15.0. The SMILES string of the molecule is CC(CCc1ccccc1)NCc1ccc2c(c1)n(C)c(=O)n2C.Cl. The van der Waals surface area contributed by atoms with Crippen molar-refractivity contribution >= 4 is 23.4 Å². The van der Waals surface area contributed by atoms with Gasteiger partial charge in [-0.1, -0.05) is 36.4 Å². The van der Waals surface area contributed by atoms with Gasteiger partial charge in [0.2, 0.25) is 0 Å². The zero-order valence-corrected chi connectivity index (χ0v) is 15.8. The fourth-order valence-corrected chi connectivity index (χ4v) is 3.08. The summed E-state index contributed by atoms with van der Waals surface area (Å²) in [4.78, 5) is 12.0. The van der Waals surface area contributed by atoms with Crippen molar-refractivity contribution in [3.8, 4) is 0 Å². The van der Waals surface area contributed by atoms with Crippen molar-refractivity contribution in [1.82, 2.24) is 14.5 Å². The van der Waals surface area contributed by atoms with Gasteiger partial charge in [0.25, 0.3) is 0 Å². The maximum atomic E-state index is 12.0. The standard InChI is InChI=1S/C20H25N3O.ClH/c1-15(9-10-16-7-5-4-6-8-16)21-14-17-11-12-18-19(13-17)23(3)20(24)22(18)2;/h4-8,11-13,15,21H,9-10,14H2,1-3H3;1H. The quantitative estimate of drug-likeness (QED) is 0.732. The van der Waals surface area contributed by atoms with Gasteiger partial charge in [0.15, 0.2) is 0 Å². The molecular weight excluding hydrogens is 334 g/mol. The number of hydrogen-bond acceptors (Lipinski definition) is 2. The average Bonchev–Trinajstić information content (AvgIpc) is 2.83. The molecule has 0 saturated heterocycles. The van der Waals surface area contributed by atoms with E-state index in [1.165, 1.54) is 11.1 Å². The van der Waals surface area contributed by atoms with Crippen LogP contribution in [0.15, 0.2) is 53.3 Å². The minimum Gasteiger partial charge on any atom is -0.310 e. The molecule has 3 aromatic rings. The number of hydrogen-bond donors (Lipinski definition) is 1. The van der Waals surface area contributed by atoms with Crippen LogP contribution in [0.5, 0.6) is 0 Å². The lowest BCUT2D eigenvalue weighted by Gasteiger charge is -2.14. The van der Waals surface area contributed by atoms with Crippen molar-refractivity contribution in [2.45, 2.75) is 32.4 Å². The summed E-state index contributed by atoms with van der Waals surface area (Å²) in [5.74, 6) is 0. The largest absolute Gasteiger partial charge is 0.328 e. The molecule has 0 spiro atoms. The molecule has 0 bridgehead atoms. The molecule has 0 aliphatic heterocycles. The Morgan fingerprint density at radius 3 is 2.36 bits per heavy atom. The summed E-state index contributed by atoms with van der Waals surface area (Å²) in [5, 5.41) is 3.58. The van der Waals surface area contributed by atoms with Gasteiger partial charge in [-0.2, -0.15) is 0 Å². The number of benzene rings is 2. The molecule has 1 heterocycles. The lowest BCUT2D eigenvalue weighted by molar-refractivity contribution is 0.514. The van der Waals surface area contributed by atoms with Gasteiger partial charge in [-0.3, -0.25) is 9.13 Å². The van der Waals surface area contributed by atoms with E-state index >= 15 is 0 Å². The third-order valence-corrected chi connectivity index (χ3v) is 4.70. The monoisotopic (exact) mass is 359 g/mol. The van der Waals surface area contributed by atoms with Crippen LogP contribution in [0.3, 0.4) is 0 Å². The first kappa shape index (κ1) is 19.3. The minimum absolute atomic E-state index is 0. The zero-order chi connectivity index (χ0) is 17.1. The molecule has 5 heteroatoms. The summed E-state index contributed by atoms with van der Waals surface area (Å²) >= 11 is 0. The van der Waals surface area contributed by atoms with Crippen molar-refractivity contribution in [3.05, 3.63) is 70.1 Å². The topological polar surface area (TPSA) is 39.0 Å². The number of halogens is 1. The van der Waals surface area contributed by atoms with Crippen LogP contribution < -0.4 is 11.0 Å². The van der Waals surface area contributed by atoms with E-state index in [2.05, 4.69) is 54.7 Å². The summed E-state index contributed by atoms with van der Waals surface area (Å²) in [6.45, 7) is 3.04. The third kappa shape index (κ3) is 4.33. The molecule has 0 amide bonds. The molecule has 0 aliphatic carbocycles. The fourth-order valence-electron chi connectivity index (χ4n) is 3.08. The average molecular weight is 360 g/mol. The van der Waals surface area contributed by atoms with Crippen molar-refractivity contribution in [2.75, 3.05) is 0 Å². The highest BCUT2D eigenvalue weighted by atomic mass is 35.5. The van der Waals surface area contributed by atoms with Gasteiger partial charge < -0.3 is 5.32 Å². The van der Waals surface area contributed by atoms with Crippen molar-refractivity contribution < 1.29 is 0 Å². The van der Waals surface area contributed by atoms with Gasteiger partial charge in [0.05, 0.1) is 11.0 Å². The number of fused-ring (bicyclic) bond motifs is 1. The lowest BCUT2D eigenvalue weighted by atomic mass is 10.1. The Hall–Kier alpha value is -2.04. The Kier molecular flexibility index (Phi) is 6.45. The molecular formula is C20H26ClN3O. The second-order valence-electron chi connectivity index (χ2n) is 6.53. The number of nitrogens with zero attached hydrogens (tertiary/aromatic N) is 2. The Bertz CT molecular complexity index is 883. The Balaban J connectivity index is 0.00000225. The van der Waals surface area contributed by atoms with Crippen molar-refractivity contribution in [2.24, 2.45) is 14.1 Å². The molecule has 0 radical (unpaired) electrons. The van der Waals surface area contributed by atoms with E-state index in [-0.39, 0.29) is 18.1 Å². The molecule has 0 aliphatic rings. The van der Waals surface area contributed by atoms with Gasteiger partial charge >= 0.3 is 5.69 Å². The highest BCUT2D eigenvalue weighted by molar-refractivity contribution is 5.85. The predicted molar refractivity (Wildman–Crippen MR) is 106 cm³/mol. The molecule has 2 aromatic carbocycles. The molecule has 3 rings (SSSR count). The van der Waals surface area contributed by atoms with E-state index in [1.807, 2.05) is 20.2 Å². The Morgan fingerprint density at radius 1 is 0.960 bits per heavy atom. The van der Waals surface area contributed by atoms with E-state index < -0.39 is 0 Å². The van der Waals surface area contributed by atoms with Crippen LogP contribution in [0.2, 0.25) is 0 Å². The van der Waals surface area contributed by atoms with Gasteiger partial charge in [-0.15, -0.1) is 12.4 Å². The first-order chi connectivity index (χ1) is 11.6. The normalized spacial score (nSPS) is 12.1. The van der Waals surface area contributed by atoms with E-state index in [0.29, 0.717) is 6.04 Å². The van der Waals surface area contributed by atoms with Crippen LogP contribution in [-0.2, 0) is 27.1 Å². The van der Waals surface area contributed by atoms with Crippen molar-refractivity contribution in [3.63, 3.8) is 0 Å². The lowest BCUT2D eigenvalue weighted by Crippen LogP contribution is -2.26. The number of aryl methyl sites for hydroxylation is 3. The number of nitrogens with one attached hydrogen (secondary N) is 1. The molecule has 1 N–H and O–H groups in total. The fraction of sp³-hybridized carbons (Fsp3) is 0.350. The van der Waals surface area contributed by atoms with Crippen LogP contribution in [0.4, 0.5) is 0 Å². The van der Waals surface area contributed by atoms with E-state index in [4.69, 9.17) is 0 Å². The summed E-state index contributed by atoms with van der Waals surface area (Å²) < 4.78 is 3.40. The first-order valence-electron chi connectivity index (χ1n) is 8.48. The van der Waals surface area contributed by atoms with Crippen LogP contribution in [0.1, 0.15) is 24.5 Å². The smallest absolute Gasteiger partial charge is 0.310 e. The molecule has 0 saturated carbocycles. The van der Waals surface area contributed by atoms with E-state index in [9.17, 15) is 4.79 Å². The molecule has 134 valence electrons. The van der Waals surface area contributed by atoms with Gasteiger partial charge in [0.1, 0.15) is 0 Å². The second kappa shape index (κ2) is 8.37. The first-order valence-corrected chi connectivity index (χ1v) is 8.48. The molecule has 0 fully saturated rings. The summed E-state index contributed by atoms with van der Waals surface area (Å²) in [5.41, 5.74) is 4.57. The Morgan fingerprint density at radius 2 is 1.64 bits per heavy atom. The molecule has 4 nitrogen and oxygen atoms in total. The van der Waals surface area contributed by atoms with E-state index in [0.717, 1.165) is 30.4 Å². The Labute approximate surface area is 154 Å². The number of imidazole rings is 1. The van der Waals surface area contributed by atoms with Crippen molar-refractivity contribution in [1.29, 1.82) is 0 Å². The number of rotatable bonds is 6. The second-order valence-corrected chi connectivity index (χ2v) is 6.53. The van der Waals surface area contributed by atoms with Gasteiger partial charge in [-0.25, -0.2) is 4.79 Å². The summed E-state index contributed by atoms with van der Waals surface area (Å²) in [6.07, 6.45) is 2.19. The molecule has 25 heavy (non-hydrogen) atoms. The third-order valence-electron chi connectivity index (χ3n) is 4.70. The summed E-state index contributed by atoms with van der Waals surface area (Å²) in [6, 6.07) is 17.3. The minimum atomic E-state index is 0. The number of aromatic nitrogens is 2. The van der Waals surface area contributed by atoms with Gasteiger partial charge in [-0.05, 0) is 43.0 Å². The van der Waals surface area contributed by atoms with Crippen LogP contribution in [-0.4, -0.2) is 15.2 Å². The van der Waals surface area contributed by atoms with Gasteiger partial charge in [0, 0.05) is 26.7 Å². The van der Waals surface area contributed by atoms with Crippen LogP contribution in [0.25, 0.3) is 11.0 Å². The highest BCUT2D eigenvalue weighted by Gasteiger charge is 2.08. The molecule has 1 aromatic heterocycles. The maximum Gasteiger partial charge on any atom is 0.328 e. The maximum absolute atomic E-state index is 12.0. The molecule has 1 atom stereocenters. The van der Waals surface area contributed by atoms with Crippen LogP contribution in [0, 0.1) is 0 Å². The highest BCUT2D eigenvalue weighted by Crippen LogP contribution is 2.14.